The normalized spacial score (nSPS) is 24.5. The van der Waals surface area contributed by atoms with Crippen LogP contribution in [0.25, 0.3) is 0 Å². The maximum Gasteiger partial charge on any atom is 0.214 e. The fourth-order valence-corrected chi connectivity index (χ4v) is 4.91. The average molecular weight is 319 g/mol. The van der Waals surface area contributed by atoms with Crippen LogP contribution in [0.1, 0.15) is 67.2 Å². The minimum Gasteiger partial charge on any atom is -0.298 e. The highest BCUT2D eigenvalue weighted by molar-refractivity contribution is 7.89. The van der Waals surface area contributed by atoms with Gasteiger partial charge in [-0.25, -0.2) is 8.42 Å². The minimum absolute atomic E-state index is 0.241. The molecule has 0 spiro atoms. The van der Waals surface area contributed by atoms with Gasteiger partial charge >= 0.3 is 0 Å². The lowest BCUT2D eigenvalue weighted by Gasteiger charge is -2.38. The van der Waals surface area contributed by atoms with Gasteiger partial charge < -0.3 is 0 Å². The Labute approximate surface area is 131 Å². The molecule has 0 amide bonds. The van der Waals surface area contributed by atoms with Crippen molar-refractivity contribution in [1.82, 2.24) is 9.21 Å². The van der Waals surface area contributed by atoms with Gasteiger partial charge in [-0.3, -0.25) is 4.90 Å². The first-order valence-corrected chi connectivity index (χ1v) is 9.81. The molecule has 126 valence electrons. The Balaban J connectivity index is 0.000000211. The van der Waals surface area contributed by atoms with Crippen molar-refractivity contribution in [2.24, 2.45) is 0 Å². The SMILES string of the molecule is CC(C)(C)N1CCCCC1.CC(C)(C)N1CCCS1(=O)=O. The van der Waals surface area contributed by atoms with Crippen LogP contribution in [0, 0.1) is 0 Å². The number of piperidine rings is 1. The van der Waals surface area contributed by atoms with Crippen molar-refractivity contribution < 1.29 is 8.42 Å². The molecule has 4 nitrogen and oxygen atoms in total. The molecule has 0 aliphatic carbocycles. The predicted molar refractivity (Wildman–Crippen MR) is 90.0 cm³/mol. The van der Waals surface area contributed by atoms with E-state index in [0.29, 0.717) is 17.8 Å². The second-order valence-electron chi connectivity index (χ2n) is 8.13. The Bertz CT molecular complexity index is 413. The molecule has 2 aliphatic rings. The van der Waals surface area contributed by atoms with Gasteiger partial charge in [-0.15, -0.1) is 0 Å². The smallest absolute Gasteiger partial charge is 0.214 e. The molecule has 5 heteroatoms. The summed E-state index contributed by atoms with van der Waals surface area (Å²) >= 11 is 0. The molecule has 2 heterocycles. The lowest BCUT2D eigenvalue weighted by molar-refractivity contribution is 0.111. The van der Waals surface area contributed by atoms with Crippen LogP contribution in [0.3, 0.4) is 0 Å². The van der Waals surface area contributed by atoms with Gasteiger partial charge in [0, 0.05) is 17.6 Å². The fraction of sp³-hybridized carbons (Fsp3) is 1.00. The first-order valence-electron chi connectivity index (χ1n) is 8.20. The summed E-state index contributed by atoms with van der Waals surface area (Å²) in [6, 6.07) is 0. The van der Waals surface area contributed by atoms with Gasteiger partial charge in [0.25, 0.3) is 0 Å². The topological polar surface area (TPSA) is 40.6 Å². The summed E-state index contributed by atoms with van der Waals surface area (Å²) in [5, 5.41) is 0. The van der Waals surface area contributed by atoms with E-state index in [2.05, 4.69) is 25.7 Å². The summed E-state index contributed by atoms with van der Waals surface area (Å²) < 4.78 is 24.3. The highest BCUT2D eigenvalue weighted by Gasteiger charge is 2.36. The molecule has 0 aromatic heterocycles. The van der Waals surface area contributed by atoms with Crippen LogP contribution in [0.5, 0.6) is 0 Å². The van der Waals surface area contributed by atoms with E-state index in [4.69, 9.17) is 0 Å². The average Bonchev–Trinajstić information content (AvgIpc) is 2.70. The van der Waals surface area contributed by atoms with Crippen molar-refractivity contribution in [1.29, 1.82) is 0 Å². The first kappa shape index (κ1) is 18.9. The summed E-state index contributed by atoms with van der Waals surface area (Å²) in [6.07, 6.45) is 5.01. The predicted octanol–water partition coefficient (Wildman–Crippen LogP) is 3.09. The summed E-state index contributed by atoms with van der Waals surface area (Å²) in [6.45, 7) is 16.0. The van der Waals surface area contributed by atoms with Crippen molar-refractivity contribution in [3.8, 4) is 0 Å². The van der Waals surface area contributed by atoms with Crippen molar-refractivity contribution in [3.63, 3.8) is 0 Å². The van der Waals surface area contributed by atoms with E-state index in [9.17, 15) is 8.42 Å². The molecule has 2 rings (SSSR count). The van der Waals surface area contributed by atoms with Crippen molar-refractivity contribution in [2.75, 3.05) is 25.4 Å². The summed E-state index contributed by atoms with van der Waals surface area (Å²) in [7, 11) is -2.91. The van der Waals surface area contributed by atoms with Gasteiger partial charge in [0.15, 0.2) is 0 Å². The molecule has 2 saturated heterocycles. The molecule has 2 aliphatic heterocycles. The molecule has 21 heavy (non-hydrogen) atoms. The third kappa shape index (κ3) is 5.87. The molecule has 0 radical (unpaired) electrons. The van der Waals surface area contributed by atoms with Crippen LogP contribution < -0.4 is 0 Å². The zero-order valence-electron chi connectivity index (χ0n) is 14.8. The van der Waals surface area contributed by atoms with E-state index < -0.39 is 10.0 Å². The number of nitrogens with zero attached hydrogens (tertiary/aromatic N) is 2. The number of rotatable bonds is 0. The van der Waals surface area contributed by atoms with Gasteiger partial charge in [-0.2, -0.15) is 4.31 Å². The molecular formula is C16H34N2O2S. The van der Waals surface area contributed by atoms with Gasteiger partial charge in [0.2, 0.25) is 10.0 Å². The zero-order valence-corrected chi connectivity index (χ0v) is 15.6. The van der Waals surface area contributed by atoms with Crippen LogP contribution in [-0.2, 0) is 10.0 Å². The summed E-state index contributed by atoms with van der Waals surface area (Å²) in [4.78, 5) is 2.58. The monoisotopic (exact) mass is 318 g/mol. The third-order valence-electron chi connectivity index (χ3n) is 4.15. The Hall–Kier alpha value is -0.130. The van der Waals surface area contributed by atoms with Gasteiger partial charge in [0.05, 0.1) is 5.75 Å². The number of likely N-dealkylation sites (tertiary alicyclic amines) is 1. The van der Waals surface area contributed by atoms with Gasteiger partial charge in [0.1, 0.15) is 0 Å². The van der Waals surface area contributed by atoms with Crippen LogP contribution in [0.15, 0.2) is 0 Å². The van der Waals surface area contributed by atoms with Crippen molar-refractivity contribution in [2.45, 2.75) is 78.3 Å². The molecular weight excluding hydrogens is 284 g/mol. The second-order valence-corrected chi connectivity index (χ2v) is 10.1. The van der Waals surface area contributed by atoms with E-state index in [1.54, 1.807) is 4.31 Å². The fourth-order valence-electron chi connectivity index (χ4n) is 2.96. The quantitative estimate of drug-likeness (QED) is 0.689. The van der Waals surface area contributed by atoms with Crippen LogP contribution in [-0.4, -0.2) is 54.1 Å². The Morgan fingerprint density at radius 2 is 1.24 bits per heavy atom. The van der Waals surface area contributed by atoms with Crippen LogP contribution in [0.4, 0.5) is 0 Å². The maximum absolute atomic E-state index is 11.3. The molecule has 0 atom stereocenters. The number of hydrogen-bond acceptors (Lipinski definition) is 3. The second kappa shape index (κ2) is 6.97. The number of hydrogen-bond donors (Lipinski definition) is 0. The Morgan fingerprint density at radius 1 is 0.714 bits per heavy atom. The van der Waals surface area contributed by atoms with Crippen LogP contribution >= 0.6 is 0 Å². The van der Waals surface area contributed by atoms with Crippen LogP contribution in [0.2, 0.25) is 0 Å². The van der Waals surface area contributed by atoms with Crippen molar-refractivity contribution >= 4 is 10.0 Å². The van der Waals surface area contributed by atoms with E-state index in [1.165, 1.54) is 32.4 Å². The molecule has 0 bridgehead atoms. The van der Waals surface area contributed by atoms with Crippen molar-refractivity contribution in [3.05, 3.63) is 0 Å². The maximum atomic E-state index is 11.3. The molecule has 2 fully saturated rings. The molecule has 0 N–H and O–H groups in total. The molecule has 0 aromatic rings. The number of sulfonamides is 1. The third-order valence-corrected chi connectivity index (χ3v) is 6.36. The summed E-state index contributed by atoms with van der Waals surface area (Å²) in [5.74, 6) is 0.324. The molecule has 0 aromatic carbocycles. The minimum atomic E-state index is -2.91. The zero-order chi connectivity index (χ0) is 16.3. The van der Waals surface area contributed by atoms with E-state index in [-0.39, 0.29) is 5.54 Å². The standard InChI is InChI=1S/C9H19N.C7H15NO2S/c1-9(2,3)10-7-5-4-6-8-10;1-7(2,3)8-5-4-6-11(8,9)10/h4-8H2,1-3H3;4-6H2,1-3H3. The Morgan fingerprint density at radius 3 is 1.48 bits per heavy atom. The van der Waals surface area contributed by atoms with E-state index in [0.717, 1.165) is 6.42 Å². The van der Waals surface area contributed by atoms with E-state index >= 15 is 0 Å². The first-order chi connectivity index (χ1) is 9.44. The lowest BCUT2D eigenvalue weighted by Crippen LogP contribution is -2.44. The lowest BCUT2D eigenvalue weighted by atomic mass is 10.0. The largest absolute Gasteiger partial charge is 0.298 e. The van der Waals surface area contributed by atoms with Gasteiger partial charge in [-0.05, 0) is 73.9 Å². The highest BCUT2D eigenvalue weighted by atomic mass is 32.2. The highest BCUT2D eigenvalue weighted by Crippen LogP contribution is 2.24. The summed E-state index contributed by atoms with van der Waals surface area (Å²) in [5.41, 5.74) is 0.162. The molecule has 0 unspecified atom stereocenters. The molecule has 0 saturated carbocycles. The van der Waals surface area contributed by atoms with Gasteiger partial charge in [-0.1, -0.05) is 6.42 Å². The van der Waals surface area contributed by atoms with E-state index in [1.807, 2.05) is 20.8 Å². The Kier molecular flexibility index (Phi) is 6.28.